The molecule has 19 heavy (non-hydrogen) atoms. The first-order valence-electron chi connectivity index (χ1n) is 6.04. The van der Waals surface area contributed by atoms with Gasteiger partial charge >= 0.3 is 0 Å². The van der Waals surface area contributed by atoms with Gasteiger partial charge in [-0.15, -0.1) is 12.4 Å². The lowest BCUT2D eigenvalue weighted by Gasteiger charge is -2.22. The lowest BCUT2D eigenvalue weighted by molar-refractivity contribution is -0.128. The number of amides is 1. The third-order valence-electron chi connectivity index (χ3n) is 3.07. The van der Waals surface area contributed by atoms with Crippen molar-refractivity contribution in [2.24, 2.45) is 0 Å². The number of halogens is 1. The van der Waals surface area contributed by atoms with Crippen LogP contribution in [0.3, 0.4) is 0 Å². The Morgan fingerprint density at radius 3 is 3.05 bits per heavy atom. The second-order valence-corrected chi connectivity index (χ2v) is 4.30. The van der Waals surface area contributed by atoms with E-state index in [0.29, 0.717) is 13.2 Å². The highest BCUT2D eigenvalue weighted by molar-refractivity contribution is 6.02. The predicted molar refractivity (Wildman–Crippen MR) is 76.8 cm³/mol. The largest absolute Gasteiger partial charge is 0.366 e. The van der Waals surface area contributed by atoms with Crippen molar-refractivity contribution in [2.75, 3.05) is 25.0 Å². The van der Waals surface area contributed by atoms with Gasteiger partial charge in [-0.05, 0) is 18.2 Å². The van der Waals surface area contributed by atoms with Gasteiger partial charge in [0.1, 0.15) is 6.10 Å². The minimum absolute atomic E-state index is 0. The van der Waals surface area contributed by atoms with Gasteiger partial charge in [0, 0.05) is 30.2 Å². The van der Waals surface area contributed by atoms with Crippen LogP contribution in [0.2, 0.25) is 0 Å². The van der Waals surface area contributed by atoms with Gasteiger partial charge in [-0.25, -0.2) is 0 Å². The molecule has 1 aromatic carbocycles. The number of anilines is 1. The number of aromatic nitrogens is 1. The van der Waals surface area contributed by atoms with Crippen molar-refractivity contribution in [1.82, 2.24) is 10.3 Å². The summed E-state index contributed by atoms with van der Waals surface area (Å²) >= 11 is 0. The number of fused-ring (bicyclic) bond motifs is 1. The highest BCUT2D eigenvalue weighted by atomic mass is 35.5. The zero-order valence-electron chi connectivity index (χ0n) is 10.3. The van der Waals surface area contributed by atoms with Crippen LogP contribution in [0.15, 0.2) is 30.5 Å². The number of benzene rings is 1. The third-order valence-corrected chi connectivity index (χ3v) is 3.07. The molecule has 1 saturated heterocycles. The molecule has 0 bridgehead atoms. The van der Waals surface area contributed by atoms with E-state index < -0.39 is 6.10 Å². The van der Waals surface area contributed by atoms with Crippen molar-refractivity contribution in [3.63, 3.8) is 0 Å². The highest BCUT2D eigenvalue weighted by Crippen LogP contribution is 2.22. The molecule has 3 N–H and O–H groups in total. The first-order valence-corrected chi connectivity index (χ1v) is 6.04. The first kappa shape index (κ1) is 13.9. The van der Waals surface area contributed by atoms with Crippen LogP contribution in [-0.4, -0.2) is 36.7 Å². The molecular formula is C13H16ClN3O2. The van der Waals surface area contributed by atoms with Crippen molar-refractivity contribution in [3.8, 4) is 0 Å². The summed E-state index contributed by atoms with van der Waals surface area (Å²) in [6.45, 7) is 1.94. The lowest BCUT2D eigenvalue weighted by atomic mass is 10.2. The summed E-state index contributed by atoms with van der Waals surface area (Å²) in [6.07, 6.45) is 1.45. The molecule has 6 heteroatoms. The Morgan fingerprint density at radius 1 is 1.37 bits per heavy atom. The van der Waals surface area contributed by atoms with Crippen molar-refractivity contribution < 1.29 is 9.53 Å². The molecule has 3 rings (SSSR count). The summed E-state index contributed by atoms with van der Waals surface area (Å²) < 4.78 is 5.42. The van der Waals surface area contributed by atoms with Crippen LogP contribution in [0.4, 0.5) is 5.69 Å². The lowest BCUT2D eigenvalue weighted by Crippen LogP contribution is -2.45. The van der Waals surface area contributed by atoms with E-state index in [0.717, 1.165) is 23.1 Å². The van der Waals surface area contributed by atoms with E-state index in [9.17, 15) is 4.79 Å². The van der Waals surface area contributed by atoms with Gasteiger partial charge in [0.15, 0.2) is 0 Å². The van der Waals surface area contributed by atoms with Crippen LogP contribution in [-0.2, 0) is 9.53 Å². The van der Waals surface area contributed by atoms with Gasteiger partial charge in [-0.3, -0.25) is 4.79 Å². The summed E-state index contributed by atoms with van der Waals surface area (Å²) in [7, 11) is 0. The van der Waals surface area contributed by atoms with Crippen LogP contribution < -0.4 is 10.6 Å². The number of hydrogen-bond donors (Lipinski definition) is 3. The molecule has 2 heterocycles. The van der Waals surface area contributed by atoms with Crippen molar-refractivity contribution in [2.45, 2.75) is 6.10 Å². The maximum absolute atomic E-state index is 12.0. The Hall–Kier alpha value is -1.56. The molecule has 1 unspecified atom stereocenters. The topological polar surface area (TPSA) is 66.2 Å². The smallest absolute Gasteiger partial charge is 0.254 e. The monoisotopic (exact) mass is 281 g/mol. The molecule has 0 aliphatic carbocycles. The second kappa shape index (κ2) is 6.06. The molecule has 0 saturated carbocycles. The Balaban J connectivity index is 0.00000133. The average molecular weight is 282 g/mol. The van der Waals surface area contributed by atoms with Crippen LogP contribution >= 0.6 is 12.4 Å². The molecule has 0 radical (unpaired) electrons. The van der Waals surface area contributed by atoms with Crippen LogP contribution in [0.1, 0.15) is 0 Å². The minimum Gasteiger partial charge on any atom is -0.366 e. The Labute approximate surface area is 117 Å². The van der Waals surface area contributed by atoms with Crippen LogP contribution in [0.5, 0.6) is 0 Å². The third kappa shape index (κ3) is 2.89. The summed E-state index contributed by atoms with van der Waals surface area (Å²) in [4.78, 5) is 15.2. The normalized spacial score (nSPS) is 18.8. The molecule has 5 nitrogen and oxygen atoms in total. The quantitative estimate of drug-likeness (QED) is 0.782. The van der Waals surface area contributed by atoms with Gasteiger partial charge in [0.25, 0.3) is 5.91 Å². The molecule has 1 fully saturated rings. The number of hydrogen-bond acceptors (Lipinski definition) is 3. The summed E-state index contributed by atoms with van der Waals surface area (Å²) in [5.41, 5.74) is 1.82. The van der Waals surface area contributed by atoms with Gasteiger partial charge in [0.2, 0.25) is 0 Å². The van der Waals surface area contributed by atoms with E-state index in [2.05, 4.69) is 15.6 Å². The minimum atomic E-state index is -0.409. The van der Waals surface area contributed by atoms with Crippen molar-refractivity contribution in [3.05, 3.63) is 30.5 Å². The summed E-state index contributed by atoms with van der Waals surface area (Å²) in [6, 6.07) is 7.73. The Bertz CT molecular complexity index is 564. The van der Waals surface area contributed by atoms with Crippen LogP contribution in [0, 0.1) is 0 Å². The number of morpholine rings is 1. The standard InChI is InChI=1S/C13H15N3O2.ClH/c17-13(12-8-14-6-7-18-12)16-11-3-1-2-10-9(11)4-5-15-10;/h1-5,12,14-15H,6-8H2,(H,16,17);1H. The second-order valence-electron chi connectivity index (χ2n) is 4.30. The Morgan fingerprint density at radius 2 is 2.26 bits per heavy atom. The van der Waals surface area contributed by atoms with E-state index in [1.54, 1.807) is 0 Å². The van der Waals surface area contributed by atoms with E-state index in [4.69, 9.17) is 4.74 Å². The summed E-state index contributed by atoms with van der Waals surface area (Å²) in [5.74, 6) is -0.101. The fraction of sp³-hybridized carbons (Fsp3) is 0.308. The maximum atomic E-state index is 12.0. The number of carbonyl (C=O) groups is 1. The average Bonchev–Trinajstić information content (AvgIpc) is 2.89. The molecule has 2 aromatic rings. The van der Waals surface area contributed by atoms with E-state index in [-0.39, 0.29) is 18.3 Å². The van der Waals surface area contributed by atoms with E-state index in [1.807, 2.05) is 30.5 Å². The highest BCUT2D eigenvalue weighted by Gasteiger charge is 2.22. The number of H-pyrrole nitrogens is 1. The number of nitrogens with one attached hydrogen (secondary N) is 3. The van der Waals surface area contributed by atoms with Gasteiger partial charge in [0.05, 0.1) is 12.3 Å². The molecular weight excluding hydrogens is 266 g/mol. The van der Waals surface area contributed by atoms with Gasteiger partial charge in [-0.2, -0.15) is 0 Å². The molecule has 1 atom stereocenters. The number of carbonyl (C=O) groups excluding carboxylic acids is 1. The maximum Gasteiger partial charge on any atom is 0.254 e. The fourth-order valence-electron chi connectivity index (χ4n) is 2.14. The zero-order valence-corrected chi connectivity index (χ0v) is 11.1. The SMILES string of the molecule is Cl.O=C(Nc1cccc2[nH]ccc12)C1CNCCO1. The van der Waals surface area contributed by atoms with Crippen molar-refractivity contribution in [1.29, 1.82) is 0 Å². The molecule has 102 valence electrons. The van der Waals surface area contributed by atoms with Gasteiger partial charge in [-0.1, -0.05) is 6.07 Å². The molecule has 1 aliphatic heterocycles. The first-order chi connectivity index (χ1) is 8.84. The molecule has 1 amide bonds. The van der Waals surface area contributed by atoms with Crippen molar-refractivity contribution >= 4 is 34.9 Å². The summed E-state index contributed by atoms with van der Waals surface area (Å²) in [5, 5.41) is 7.07. The number of rotatable bonds is 2. The number of aromatic amines is 1. The molecule has 1 aromatic heterocycles. The Kier molecular flexibility index (Phi) is 4.42. The molecule has 0 spiro atoms. The van der Waals surface area contributed by atoms with E-state index in [1.165, 1.54) is 0 Å². The molecule has 1 aliphatic rings. The zero-order chi connectivity index (χ0) is 12.4. The van der Waals surface area contributed by atoms with E-state index >= 15 is 0 Å². The predicted octanol–water partition coefficient (Wildman–Crippen LogP) is 1.52. The fourth-order valence-corrected chi connectivity index (χ4v) is 2.14. The van der Waals surface area contributed by atoms with Gasteiger partial charge < -0.3 is 20.4 Å². The number of ether oxygens (including phenoxy) is 1. The van der Waals surface area contributed by atoms with Crippen LogP contribution in [0.25, 0.3) is 10.9 Å².